The quantitative estimate of drug-likeness (QED) is 0.714. The molecule has 1 atom stereocenters. The molecule has 1 aliphatic rings. The number of hydrogen-bond donors (Lipinski definition) is 1. The predicted octanol–water partition coefficient (Wildman–Crippen LogP) is 4.28. The van der Waals surface area contributed by atoms with Gasteiger partial charge in [0, 0.05) is 23.9 Å². The van der Waals surface area contributed by atoms with Gasteiger partial charge >= 0.3 is 0 Å². The maximum Gasteiger partial charge on any atom is 0.220 e. The van der Waals surface area contributed by atoms with Crippen LogP contribution in [0.15, 0.2) is 47.8 Å². The highest BCUT2D eigenvalue weighted by atomic mass is 32.1. The van der Waals surface area contributed by atoms with E-state index >= 15 is 0 Å². The van der Waals surface area contributed by atoms with Gasteiger partial charge < -0.3 is 10.2 Å². The number of carbonyl (C=O) groups is 1. The van der Waals surface area contributed by atoms with Crippen LogP contribution in [0.5, 0.6) is 0 Å². The first-order chi connectivity index (χ1) is 12.8. The third-order valence-electron chi connectivity index (χ3n) is 5.06. The van der Waals surface area contributed by atoms with Crippen LogP contribution in [0.1, 0.15) is 42.5 Å². The topological polar surface area (TPSA) is 32.3 Å². The van der Waals surface area contributed by atoms with Crippen molar-refractivity contribution in [3.63, 3.8) is 0 Å². The molecule has 0 radical (unpaired) electrons. The van der Waals surface area contributed by atoms with E-state index in [0.29, 0.717) is 12.5 Å². The van der Waals surface area contributed by atoms with Crippen LogP contribution in [-0.2, 0) is 17.6 Å². The number of hydrogen-bond acceptors (Lipinski definition) is 3. The lowest BCUT2D eigenvalue weighted by molar-refractivity contribution is -0.122. The van der Waals surface area contributed by atoms with Crippen LogP contribution in [0.2, 0.25) is 0 Å². The molecule has 0 saturated carbocycles. The molecule has 0 spiro atoms. The highest BCUT2D eigenvalue weighted by Gasteiger charge is 2.20. The van der Waals surface area contributed by atoms with Gasteiger partial charge in [-0.05, 0) is 68.6 Å². The molecule has 1 saturated heterocycles. The fourth-order valence-corrected chi connectivity index (χ4v) is 4.46. The molecule has 1 N–H and O–H groups in total. The summed E-state index contributed by atoms with van der Waals surface area (Å²) in [4.78, 5) is 16.1. The summed E-state index contributed by atoms with van der Waals surface area (Å²) in [6, 6.07) is 15.3. The summed E-state index contributed by atoms with van der Waals surface area (Å²) >= 11 is 1.78. The molecule has 0 aliphatic carbocycles. The van der Waals surface area contributed by atoms with E-state index in [1.807, 2.05) is 0 Å². The lowest BCUT2D eigenvalue weighted by atomic mass is 10.0. The Morgan fingerprint density at radius 3 is 2.81 bits per heavy atom. The number of nitrogens with zero attached hydrogens (tertiary/aromatic N) is 1. The first kappa shape index (κ1) is 19.1. The molecule has 0 bridgehead atoms. The number of nitrogens with one attached hydrogen (secondary N) is 1. The van der Waals surface area contributed by atoms with E-state index < -0.39 is 0 Å². The second-order valence-electron chi connectivity index (χ2n) is 7.23. The average Bonchev–Trinajstić information content (AvgIpc) is 3.16. The van der Waals surface area contributed by atoms with Crippen LogP contribution >= 0.6 is 11.3 Å². The van der Waals surface area contributed by atoms with Crippen molar-refractivity contribution in [1.29, 1.82) is 0 Å². The van der Waals surface area contributed by atoms with E-state index in [0.717, 1.165) is 38.8 Å². The Labute approximate surface area is 161 Å². The van der Waals surface area contributed by atoms with E-state index in [1.165, 1.54) is 29.8 Å². The van der Waals surface area contributed by atoms with Gasteiger partial charge in [0.2, 0.25) is 5.91 Å². The predicted molar refractivity (Wildman–Crippen MR) is 110 cm³/mol. The Kier molecular flexibility index (Phi) is 7.71. The van der Waals surface area contributed by atoms with Gasteiger partial charge in [0.25, 0.3) is 0 Å². The number of benzene rings is 1. The zero-order chi connectivity index (χ0) is 18.0. The van der Waals surface area contributed by atoms with Gasteiger partial charge in [0.1, 0.15) is 0 Å². The first-order valence-electron chi connectivity index (χ1n) is 9.87. The summed E-state index contributed by atoms with van der Waals surface area (Å²) in [5, 5.41) is 5.36. The van der Waals surface area contributed by atoms with Crippen molar-refractivity contribution in [2.45, 2.75) is 51.0 Å². The number of rotatable bonds is 9. The molecule has 1 amide bonds. The molecule has 3 nitrogen and oxygen atoms in total. The first-order valence-corrected chi connectivity index (χ1v) is 10.8. The summed E-state index contributed by atoms with van der Waals surface area (Å²) < 4.78 is 0. The Hall–Kier alpha value is -1.65. The lowest BCUT2D eigenvalue weighted by Gasteiger charge is -2.33. The van der Waals surface area contributed by atoms with Crippen molar-refractivity contribution in [1.82, 2.24) is 10.2 Å². The van der Waals surface area contributed by atoms with Gasteiger partial charge in [-0.15, -0.1) is 11.3 Å². The Bertz CT molecular complexity index is 641. The van der Waals surface area contributed by atoms with Crippen LogP contribution in [0, 0.1) is 0 Å². The minimum absolute atomic E-state index is 0.220. The molecular weight excluding hydrogens is 340 g/mol. The zero-order valence-electron chi connectivity index (χ0n) is 15.5. The van der Waals surface area contributed by atoms with E-state index in [1.54, 1.807) is 11.3 Å². The summed E-state index contributed by atoms with van der Waals surface area (Å²) in [7, 11) is 0. The minimum atomic E-state index is 0.220. The number of likely N-dealkylation sites (tertiary alicyclic amines) is 1. The van der Waals surface area contributed by atoms with Crippen molar-refractivity contribution in [3.05, 3.63) is 58.3 Å². The molecular formula is C22H30N2OS. The van der Waals surface area contributed by atoms with Crippen LogP contribution in [-0.4, -0.2) is 36.5 Å². The molecule has 2 heterocycles. The Balaban J connectivity index is 1.31. The Morgan fingerprint density at radius 2 is 2.00 bits per heavy atom. The number of thiophene rings is 1. The smallest absolute Gasteiger partial charge is 0.220 e. The molecule has 1 aliphatic heterocycles. The van der Waals surface area contributed by atoms with Crippen LogP contribution < -0.4 is 5.32 Å². The van der Waals surface area contributed by atoms with Crippen LogP contribution in [0.3, 0.4) is 0 Å². The minimum Gasteiger partial charge on any atom is -0.352 e. The SMILES string of the molecule is O=C(CCCc1cccs1)N[C@H]1CCCN(CCCc2ccccc2)C1. The zero-order valence-corrected chi connectivity index (χ0v) is 16.3. The van der Waals surface area contributed by atoms with Crippen molar-refractivity contribution in [2.24, 2.45) is 0 Å². The Morgan fingerprint density at radius 1 is 1.12 bits per heavy atom. The van der Waals surface area contributed by atoms with Gasteiger partial charge in [-0.25, -0.2) is 0 Å². The number of piperidine rings is 1. The molecule has 1 aromatic heterocycles. The fourth-order valence-electron chi connectivity index (χ4n) is 3.71. The van der Waals surface area contributed by atoms with Crippen molar-refractivity contribution in [3.8, 4) is 0 Å². The summed E-state index contributed by atoms with van der Waals surface area (Å²) in [6.45, 7) is 3.30. The maximum absolute atomic E-state index is 12.2. The molecule has 0 unspecified atom stereocenters. The molecule has 2 aromatic rings. The summed E-state index contributed by atoms with van der Waals surface area (Å²) in [6.07, 6.45) is 7.23. The molecule has 4 heteroatoms. The number of aryl methyl sites for hydroxylation is 2. The third kappa shape index (κ3) is 6.58. The number of carbonyl (C=O) groups excluding carboxylic acids is 1. The van der Waals surface area contributed by atoms with Crippen LogP contribution in [0.4, 0.5) is 0 Å². The van der Waals surface area contributed by atoms with Gasteiger partial charge in [-0.1, -0.05) is 36.4 Å². The molecule has 140 valence electrons. The molecule has 1 fully saturated rings. The van der Waals surface area contributed by atoms with Gasteiger partial charge in [-0.2, -0.15) is 0 Å². The van der Waals surface area contributed by atoms with Crippen molar-refractivity contribution < 1.29 is 4.79 Å². The monoisotopic (exact) mass is 370 g/mol. The van der Waals surface area contributed by atoms with Gasteiger partial charge in [0.15, 0.2) is 0 Å². The van der Waals surface area contributed by atoms with Gasteiger partial charge in [0.05, 0.1) is 0 Å². The number of amides is 1. The van der Waals surface area contributed by atoms with E-state index in [-0.39, 0.29) is 5.91 Å². The fraction of sp³-hybridized carbons (Fsp3) is 0.500. The highest BCUT2D eigenvalue weighted by Crippen LogP contribution is 2.14. The van der Waals surface area contributed by atoms with Crippen LogP contribution in [0.25, 0.3) is 0 Å². The molecule has 26 heavy (non-hydrogen) atoms. The summed E-state index contributed by atoms with van der Waals surface area (Å²) in [5.74, 6) is 0.220. The lowest BCUT2D eigenvalue weighted by Crippen LogP contribution is -2.47. The van der Waals surface area contributed by atoms with E-state index in [2.05, 4.69) is 58.1 Å². The highest BCUT2D eigenvalue weighted by molar-refractivity contribution is 7.09. The van der Waals surface area contributed by atoms with E-state index in [9.17, 15) is 4.79 Å². The second-order valence-corrected chi connectivity index (χ2v) is 8.26. The molecule has 3 rings (SSSR count). The molecule has 1 aromatic carbocycles. The normalized spacial score (nSPS) is 17.9. The van der Waals surface area contributed by atoms with Gasteiger partial charge in [-0.3, -0.25) is 4.79 Å². The third-order valence-corrected chi connectivity index (χ3v) is 6.00. The maximum atomic E-state index is 12.2. The largest absolute Gasteiger partial charge is 0.352 e. The second kappa shape index (κ2) is 10.5. The summed E-state index contributed by atoms with van der Waals surface area (Å²) in [5.41, 5.74) is 1.42. The van der Waals surface area contributed by atoms with E-state index in [4.69, 9.17) is 0 Å². The van der Waals surface area contributed by atoms with Crippen molar-refractivity contribution in [2.75, 3.05) is 19.6 Å². The average molecular weight is 371 g/mol. The standard InChI is InChI=1S/C22H30N2OS/c25-22(14-4-12-21-13-7-17-26-21)23-20-11-6-16-24(18-20)15-5-10-19-8-2-1-3-9-19/h1-3,7-9,13,17,20H,4-6,10-12,14-16,18H2,(H,23,25)/t20-/m0/s1. The van der Waals surface area contributed by atoms with Crippen molar-refractivity contribution >= 4 is 17.2 Å².